The Bertz CT molecular complexity index is 613. The Morgan fingerprint density at radius 1 is 1.15 bits per heavy atom. The largest absolute Gasteiger partial charge is 0.396 e. The first-order chi connectivity index (χ1) is 12.2. The van der Waals surface area contributed by atoms with Crippen LogP contribution in [0.15, 0.2) is 30.3 Å². The number of benzene rings is 1. The molecule has 0 spiro atoms. The van der Waals surface area contributed by atoms with Crippen LogP contribution in [-0.2, 0) is 11.2 Å². The summed E-state index contributed by atoms with van der Waals surface area (Å²) in [6.07, 6.45) is 4.19. The Kier molecular flexibility index (Phi) is 7.95. The van der Waals surface area contributed by atoms with Crippen LogP contribution in [0.25, 0.3) is 0 Å². The van der Waals surface area contributed by atoms with E-state index in [-0.39, 0.29) is 42.7 Å². The molecule has 3 atom stereocenters. The monoisotopic (exact) mass is 415 g/mol. The normalized spacial score (nSPS) is 29.9. The number of hydrogen-bond acceptors (Lipinski definition) is 4. The first-order valence-corrected chi connectivity index (χ1v) is 9.61. The molecule has 3 aliphatic rings. The van der Waals surface area contributed by atoms with Crippen LogP contribution in [0.2, 0.25) is 0 Å². The summed E-state index contributed by atoms with van der Waals surface area (Å²) in [5.41, 5.74) is 1.20. The molecule has 1 aromatic carbocycles. The van der Waals surface area contributed by atoms with Crippen LogP contribution < -0.4 is 5.32 Å². The predicted molar refractivity (Wildman–Crippen MR) is 112 cm³/mol. The minimum atomic E-state index is -0.0893. The van der Waals surface area contributed by atoms with Gasteiger partial charge < -0.3 is 15.3 Å². The van der Waals surface area contributed by atoms with Gasteiger partial charge in [-0.2, -0.15) is 0 Å². The Hall–Kier alpha value is -0.850. The number of hydrogen-bond donors (Lipinski definition) is 2. The van der Waals surface area contributed by atoms with Crippen LogP contribution in [0, 0.1) is 5.41 Å². The van der Waals surface area contributed by atoms with Gasteiger partial charge in [0.1, 0.15) is 0 Å². The zero-order valence-electron chi connectivity index (χ0n) is 15.7. The average molecular weight is 416 g/mol. The molecule has 152 valence electrons. The minimum Gasteiger partial charge on any atom is -0.396 e. The molecule has 3 aliphatic heterocycles. The predicted octanol–water partition coefficient (Wildman–Crippen LogP) is 1.72. The van der Waals surface area contributed by atoms with Crippen molar-refractivity contribution in [2.75, 3.05) is 39.3 Å². The topological polar surface area (TPSA) is 55.8 Å². The molecule has 0 radical (unpaired) electrons. The van der Waals surface area contributed by atoms with E-state index in [0.717, 1.165) is 51.9 Å². The number of amides is 1. The Labute approximate surface area is 174 Å². The number of fused-ring (bicyclic) bond motifs is 2. The number of halogens is 2. The molecule has 27 heavy (non-hydrogen) atoms. The average Bonchev–Trinajstić information content (AvgIpc) is 3.18. The van der Waals surface area contributed by atoms with Gasteiger partial charge in [-0.25, -0.2) is 0 Å². The minimum absolute atomic E-state index is 0. The SMILES string of the molecule is Cl.Cl.O=C(CN1[C@@H]2CC[C@H]1[C@](CO)(Cc1ccccc1)C2)N1CCNCC1. The number of aliphatic hydroxyl groups is 1. The number of aliphatic hydroxyl groups excluding tert-OH is 1. The second-order valence-corrected chi connectivity index (χ2v) is 7.94. The summed E-state index contributed by atoms with van der Waals surface area (Å²) in [4.78, 5) is 17.1. The van der Waals surface area contributed by atoms with E-state index in [4.69, 9.17) is 0 Å². The molecule has 0 saturated carbocycles. The van der Waals surface area contributed by atoms with E-state index < -0.39 is 0 Å². The third-order valence-corrected chi connectivity index (χ3v) is 6.49. The molecule has 0 aromatic heterocycles. The molecular weight excluding hydrogens is 385 g/mol. The highest BCUT2D eigenvalue weighted by molar-refractivity contribution is 5.85. The Morgan fingerprint density at radius 3 is 2.52 bits per heavy atom. The van der Waals surface area contributed by atoms with Crippen LogP contribution in [0.5, 0.6) is 0 Å². The van der Waals surface area contributed by atoms with Crippen LogP contribution >= 0.6 is 24.8 Å². The van der Waals surface area contributed by atoms with Crippen LogP contribution in [0.3, 0.4) is 0 Å². The van der Waals surface area contributed by atoms with Crippen molar-refractivity contribution in [1.29, 1.82) is 0 Å². The molecular formula is C20H31Cl2N3O2. The van der Waals surface area contributed by atoms with E-state index in [1.807, 2.05) is 11.0 Å². The Morgan fingerprint density at radius 2 is 1.85 bits per heavy atom. The van der Waals surface area contributed by atoms with Crippen LogP contribution in [-0.4, -0.2) is 72.2 Å². The lowest BCUT2D eigenvalue weighted by Gasteiger charge is -2.37. The number of piperazine rings is 1. The van der Waals surface area contributed by atoms with Gasteiger partial charge in [0.05, 0.1) is 13.2 Å². The van der Waals surface area contributed by atoms with Crippen LogP contribution in [0.4, 0.5) is 0 Å². The van der Waals surface area contributed by atoms with E-state index in [9.17, 15) is 9.90 Å². The lowest BCUT2D eigenvalue weighted by Crippen LogP contribution is -2.51. The molecule has 2 N–H and O–H groups in total. The molecule has 4 rings (SSSR count). The maximum Gasteiger partial charge on any atom is 0.236 e. The van der Waals surface area contributed by atoms with Gasteiger partial charge in [-0.1, -0.05) is 30.3 Å². The van der Waals surface area contributed by atoms with Gasteiger partial charge in [-0.3, -0.25) is 9.69 Å². The maximum atomic E-state index is 12.7. The Balaban J connectivity index is 0.00000131. The van der Waals surface area contributed by atoms with Gasteiger partial charge in [-0.15, -0.1) is 24.8 Å². The molecule has 3 fully saturated rings. The fraction of sp³-hybridized carbons (Fsp3) is 0.650. The maximum absolute atomic E-state index is 12.7. The van der Waals surface area contributed by atoms with Gasteiger partial charge in [0.15, 0.2) is 0 Å². The van der Waals surface area contributed by atoms with Gasteiger partial charge in [0.25, 0.3) is 0 Å². The number of carbonyl (C=O) groups is 1. The standard InChI is InChI=1S/C20H29N3O2.2ClH/c24-15-20(12-16-4-2-1-3-5-16)13-17-6-7-18(20)23(17)14-19(25)22-10-8-21-9-11-22;;/h1-5,17-18,21,24H,6-15H2;2*1H/t17-,18+,20-;;/m1../s1. The number of nitrogens with one attached hydrogen (secondary N) is 1. The molecule has 3 saturated heterocycles. The summed E-state index contributed by atoms with van der Waals surface area (Å²) in [5, 5.41) is 13.6. The summed E-state index contributed by atoms with van der Waals surface area (Å²) < 4.78 is 0. The van der Waals surface area contributed by atoms with Crippen molar-refractivity contribution in [2.24, 2.45) is 5.41 Å². The van der Waals surface area contributed by atoms with Crippen molar-refractivity contribution in [2.45, 2.75) is 37.8 Å². The van der Waals surface area contributed by atoms with E-state index in [1.54, 1.807) is 0 Å². The van der Waals surface area contributed by atoms with Crippen molar-refractivity contribution >= 4 is 30.7 Å². The lowest BCUT2D eigenvalue weighted by atomic mass is 9.70. The summed E-state index contributed by atoms with van der Waals surface area (Å²) in [5.74, 6) is 0.256. The molecule has 0 aliphatic carbocycles. The smallest absolute Gasteiger partial charge is 0.236 e. The third kappa shape index (κ3) is 4.43. The highest BCUT2D eigenvalue weighted by Crippen LogP contribution is 2.51. The zero-order valence-corrected chi connectivity index (χ0v) is 17.3. The fourth-order valence-corrected chi connectivity index (χ4v) is 5.25. The highest BCUT2D eigenvalue weighted by Gasteiger charge is 2.55. The second-order valence-electron chi connectivity index (χ2n) is 7.94. The van der Waals surface area contributed by atoms with Gasteiger partial charge in [-0.05, 0) is 31.2 Å². The fourth-order valence-electron chi connectivity index (χ4n) is 5.25. The molecule has 5 nitrogen and oxygen atoms in total. The summed E-state index contributed by atoms with van der Waals surface area (Å²) in [6, 6.07) is 11.3. The summed E-state index contributed by atoms with van der Waals surface area (Å²) in [7, 11) is 0. The quantitative estimate of drug-likeness (QED) is 0.768. The van der Waals surface area contributed by atoms with Gasteiger partial charge >= 0.3 is 0 Å². The summed E-state index contributed by atoms with van der Waals surface area (Å²) in [6.45, 7) is 4.15. The summed E-state index contributed by atoms with van der Waals surface area (Å²) >= 11 is 0. The first kappa shape index (κ1) is 22.4. The van der Waals surface area contributed by atoms with E-state index in [1.165, 1.54) is 5.56 Å². The van der Waals surface area contributed by atoms with Crippen molar-refractivity contribution in [3.05, 3.63) is 35.9 Å². The molecule has 7 heteroatoms. The van der Waals surface area contributed by atoms with Gasteiger partial charge in [0, 0.05) is 43.7 Å². The molecule has 0 unspecified atom stereocenters. The molecule has 1 aromatic rings. The zero-order chi connectivity index (χ0) is 17.3. The lowest BCUT2D eigenvalue weighted by molar-refractivity contribution is -0.133. The van der Waals surface area contributed by atoms with Crippen molar-refractivity contribution in [3.8, 4) is 0 Å². The van der Waals surface area contributed by atoms with Crippen molar-refractivity contribution < 1.29 is 9.90 Å². The van der Waals surface area contributed by atoms with Gasteiger partial charge in [0.2, 0.25) is 5.91 Å². The van der Waals surface area contributed by atoms with E-state index >= 15 is 0 Å². The third-order valence-electron chi connectivity index (χ3n) is 6.49. The first-order valence-electron chi connectivity index (χ1n) is 9.61. The second kappa shape index (κ2) is 9.57. The molecule has 3 heterocycles. The van der Waals surface area contributed by atoms with E-state index in [2.05, 4.69) is 34.5 Å². The number of carbonyl (C=O) groups excluding carboxylic acids is 1. The van der Waals surface area contributed by atoms with Crippen LogP contribution in [0.1, 0.15) is 24.8 Å². The van der Waals surface area contributed by atoms with Crippen molar-refractivity contribution in [1.82, 2.24) is 15.1 Å². The molecule has 2 bridgehead atoms. The highest BCUT2D eigenvalue weighted by atomic mass is 35.5. The number of rotatable bonds is 5. The molecule has 1 amide bonds. The number of nitrogens with zero attached hydrogens (tertiary/aromatic N) is 2. The van der Waals surface area contributed by atoms with E-state index in [0.29, 0.717) is 18.6 Å². The van der Waals surface area contributed by atoms with Crippen molar-refractivity contribution in [3.63, 3.8) is 0 Å².